The molecule has 1 heterocycles. The van der Waals surface area contributed by atoms with Crippen LogP contribution < -0.4 is 5.32 Å². The lowest BCUT2D eigenvalue weighted by Gasteiger charge is -2.33. The maximum atomic E-state index is 11.8. The van der Waals surface area contributed by atoms with Crippen LogP contribution in [-0.4, -0.2) is 35.7 Å². The Bertz CT molecular complexity index is 298. The van der Waals surface area contributed by atoms with E-state index in [9.17, 15) is 14.7 Å². The van der Waals surface area contributed by atoms with Gasteiger partial charge in [0.05, 0.1) is 0 Å². The molecule has 0 aromatic carbocycles. The minimum atomic E-state index is -1.11. The first kappa shape index (κ1) is 16.0. The number of nitrogens with one attached hydrogen (secondary N) is 1. The van der Waals surface area contributed by atoms with Gasteiger partial charge in [-0.2, -0.15) is 0 Å². The first-order chi connectivity index (χ1) is 9.10. The van der Waals surface area contributed by atoms with Gasteiger partial charge in [0.1, 0.15) is 5.54 Å². The number of aliphatic carboxylic acids is 1. The predicted molar refractivity (Wildman–Crippen MR) is 71.9 cm³/mol. The van der Waals surface area contributed by atoms with E-state index in [0.717, 1.165) is 19.3 Å². The molecule has 19 heavy (non-hydrogen) atoms. The van der Waals surface area contributed by atoms with Crippen LogP contribution >= 0.6 is 0 Å². The van der Waals surface area contributed by atoms with E-state index in [0.29, 0.717) is 32.5 Å². The zero-order valence-electron chi connectivity index (χ0n) is 11.7. The van der Waals surface area contributed by atoms with Crippen molar-refractivity contribution in [2.75, 3.05) is 13.2 Å². The fourth-order valence-corrected chi connectivity index (χ4v) is 2.33. The van der Waals surface area contributed by atoms with Crippen molar-refractivity contribution in [2.24, 2.45) is 0 Å². The molecule has 5 nitrogen and oxygen atoms in total. The van der Waals surface area contributed by atoms with Gasteiger partial charge in [0.15, 0.2) is 0 Å². The molecule has 1 amide bonds. The van der Waals surface area contributed by atoms with Gasteiger partial charge in [0.2, 0.25) is 5.91 Å². The molecular formula is C14H25NO4. The number of unbranched alkanes of at least 4 members (excludes halogenated alkanes) is 4. The summed E-state index contributed by atoms with van der Waals surface area (Å²) in [6.45, 7) is 2.93. The van der Waals surface area contributed by atoms with E-state index in [-0.39, 0.29) is 5.91 Å². The van der Waals surface area contributed by atoms with Gasteiger partial charge in [0.25, 0.3) is 0 Å². The summed E-state index contributed by atoms with van der Waals surface area (Å²) in [6, 6.07) is 0. The predicted octanol–water partition coefficient (Wildman–Crippen LogP) is 2.10. The molecule has 110 valence electrons. The molecule has 0 radical (unpaired) electrons. The van der Waals surface area contributed by atoms with Crippen LogP contribution in [0.15, 0.2) is 0 Å². The third-order valence-electron chi connectivity index (χ3n) is 3.64. The molecule has 0 bridgehead atoms. The van der Waals surface area contributed by atoms with Crippen molar-refractivity contribution < 1.29 is 19.4 Å². The average molecular weight is 271 g/mol. The highest BCUT2D eigenvalue weighted by Crippen LogP contribution is 2.21. The lowest BCUT2D eigenvalue weighted by atomic mass is 9.90. The van der Waals surface area contributed by atoms with Crippen LogP contribution in [-0.2, 0) is 14.3 Å². The summed E-state index contributed by atoms with van der Waals surface area (Å²) in [7, 11) is 0. The zero-order chi connectivity index (χ0) is 14.1. The van der Waals surface area contributed by atoms with Crippen LogP contribution in [0.3, 0.4) is 0 Å². The summed E-state index contributed by atoms with van der Waals surface area (Å²) in [6.07, 6.45) is 6.49. The molecule has 0 aromatic rings. The molecule has 1 aliphatic heterocycles. The standard InChI is InChI=1S/C14H25NO4/c1-2-3-4-5-6-7-12(16)15-14(13(17)18)8-10-19-11-9-14/h2-11H2,1H3,(H,15,16)(H,17,18). The van der Waals surface area contributed by atoms with Crippen LogP contribution in [0.4, 0.5) is 0 Å². The number of rotatable bonds is 8. The van der Waals surface area contributed by atoms with Crippen molar-refractivity contribution in [1.82, 2.24) is 5.32 Å². The Kier molecular flexibility index (Phi) is 6.84. The Labute approximate surface area is 114 Å². The van der Waals surface area contributed by atoms with Crippen LogP contribution in [0.25, 0.3) is 0 Å². The van der Waals surface area contributed by atoms with Gasteiger partial charge in [-0.1, -0.05) is 32.6 Å². The number of hydrogen-bond donors (Lipinski definition) is 2. The summed E-state index contributed by atoms with van der Waals surface area (Å²) in [4.78, 5) is 23.2. The van der Waals surface area contributed by atoms with Crippen LogP contribution in [0, 0.1) is 0 Å². The average Bonchev–Trinajstić information content (AvgIpc) is 2.39. The van der Waals surface area contributed by atoms with Crippen molar-refractivity contribution in [3.05, 3.63) is 0 Å². The number of carboxylic acid groups (broad SMARTS) is 1. The van der Waals surface area contributed by atoms with Crippen molar-refractivity contribution in [1.29, 1.82) is 0 Å². The number of carbonyl (C=O) groups is 2. The van der Waals surface area contributed by atoms with Gasteiger partial charge < -0.3 is 15.2 Å². The summed E-state index contributed by atoms with van der Waals surface area (Å²) < 4.78 is 5.17. The lowest BCUT2D eigenvalue weighted by Crippen LogP contribution is -2.57. The molecule has 1 rings (SSSR count). The lowest BCUT2D eigenvalue weighted by molar-refractivity contribution is -0.152. The van der Waals surface area contributed by atoms with Gasteiger partial charge in [-0.25, -0.2) is 4.79 Å². The second-order valence-electron chi connectivity index (χ2n) is 5.21. The van der Waals surface area contributed by atoms with Gasteiger partial charge in [0, 0.05) is 32.5 Å². The zero-order valence-corrected chi connectivity index (χ0v) is 11.7. The second kappa shape index (κ2) is 8.15. The Balaban J connectivity index is 2.33. The third-order valence-corrected chi connectivity index (χ3v) is 3.64. The van der Waals surface area contributed by atoms with E-state index in [1.807, 2.05) is 0 Å². The molecule has 5 heteroatoms. The largest absolute Gasteiger partial charge is 0.480 e. The van der Waals surface area contributed by atoms with Crippen molar-refractivity contribution in [3.63, 3.8) is 0 Å². The van der Waals surface area contributed by atoms with Crippen LogP contribution in [0.2, 0.25) is 0 Å². The van der Waals surface area contributed by atoms with E-state index < -0.39 is 11.5 Å². The SMILES string of the molecule is CCCCCCCC(=O)NC1(C(=O)O)CCOCC1. The van der Waals surface area contributed by atoms with Crippen molar-refractivity contribution >= 4 is 11.9 Å². The van der Waals surface area contributed by atoms with Crippen molar-refractivity contribution in [2.45, 2.75) is 63.8 Å². The quantitative estimate of drug-likeness (QED) is 0.663. The van der Waals surface area contributed by atoms with E-state index >= 15 is 0 Å². The van der Waals surface area contributed by atoms with Gasteiger partial charge >= 0.3 is 5.97 Å². The Morgan fingerprint density at radius 3 is 2.37 bits per heavy atom. The summed E-state index contributed by atoms with van der Waals surface area (Å²) in [5.74, 6) is -1.10. The monoisotopic (exact) mass is 271 g/mol. The highest BCUT2D eigenvalue weighted by atomic mass is 16.5. The molecular weight excluding hydrogens is 246 g/mol. The first-order valence-electron chi connectivity index (χ1n) is 7.23. The number of ether oxygens (including phenoxy) is 1. The molecule has 1 saturated heterocycles. The van der Waals surface area contributed by atoms with Crippen LogP contribution in [0.1, 0.15) is 58.3 Å². The van der Waals surface area contributed by atoms with Crippen LogP contribution in [0.5, 0.6) is 0 Å². The third kappa shape index (κ3) is 5.19. The fourth-order valence-electron chi connectivity index (χ4n) is 2.33. The van der Waals surface area contributed by atoms with Gasteiger partial charge in [-0.05, 0) is 6.42 Å². The van der Waals surface area contributed by atoms with E-state index in [2.05, 4.69) is 12.2 Å². The molecule has 0 aromatic heterocycles. The van der Waals surface area contributed by atoms with Gasteiger partial charge in [-0.15, -0.1) is 0 Å². The van der Waals surface area contributed by atoms with Gasteiger partial charge in [-0.3, -0.25) is 4.79 Å². The Morgan fingerprint density at radius 2 is 1.79 bits per heavy atom. The minimum Gasteiger partial charge on any atom is -0.480 e. The topological polar surface area (TPSA) is 75.6 Å². The number of hydrogen-bond acceptors (Lipinski definition) is 3. The smallest absolute Gasteiger partial charge is 0.329 e. The summed E-state index contributed by atoms with van der Waals surface area (Å²) in [5.41, 5.74) is -1.11. The number of carbonyl (C=O) groups excluding carboxylic acids is 1. The molecule has 0 aliphatic carbocycles. The van der Waals surface area contributed by atoms with Crippen molar-refractivity contribution in [3.8, 4) is 0 Å². The fraction of sp³-hybridized carbons (Fsp3) is 0.857. The highest BCUT2D eigenvalue weighted by Gasteiger charge is 2.41. The Morgan fingerprint density at radius 1 is 1.16 bits per heavy atom. The first-order valence-corrected chi connectivity index (χ1v) is 7.23. The molecule has 0 saturated carbocycles. The molecule has 0 unspecified atom stereocenters. The maximum Gasteiger partial charge on any atom is 0.329 e. The maximum absolute atomic E-state index is 11.8. The van der Waals surface area contributed by atoms with E-state index in [1.54, 1.807) is 0 Å². The molecule has 2 N–H and O–H groups in total. The summed E-state index contributed by atoms with van der Waals surface area (Å²) in [5, 5.41) is 12.0. The molecule has 0 atom stereocenters. The normalized spacial score (nSPS) is 17.9. The molecule has 0 spiro atoms. The second-order valence-corrected chi connectivity index (χ2v) is 5.21. The van der Waals surface area contributed by atoms with E-state index in [4.69, 9.17) is 4.74 Å². The highest BCUT2D eigenvalue weighted by molar-refractivity contribution is 5.87. The number of amides is 1. The van der Waals surface area contributed by atoms with E-state index in [1.165, 1.54) is 12.8 Å². The molecule has 1 aliphatic rings. The minimum absolute atomic E-state index is 0.152. The number of carboxylic acids is 1. The molecule has 1 fully saturated rings. The summed E-state index contributed by atoms with van der Waals surface area (Å²) >= 11 is 0. The Hall–Kier alpha value is -1.10.